The fraction of sp³-hybridized carbons (Fsp3) is 0.425. The lowest BCUT2D eigenvalue weighted by molar-refractivity contribution is -0.384. The van der Waals surface area contributed by atoms with E-state index in [2.05, 4.69) is 124 Å². The van der Waals surface area contributed by atoms with E-state index in [0.29, 0.717) is 57.0 Å². The maximum absolute atomic E-state index is 12.8. The number of Topliss-reactive ketones (excluding diaryl/α,β-unsaturated/α-hetero) is 1. The Hall–Kier alpha value is -15.8. The van der Waals surface area contributed by atoms with Crippen LogP contribution in [-0.4, -0.2) is 261 Å². The van der Waals surface area contributed by atoms with Crippen LogP contribution >= 0.6 is 0 Å². The van der Waals surface area contributed by atoms with Crippen molar-refractivity contribution in [2.24, 2.45) is 11.5 Å². The summed E-state index contributed by atoms with van der Waals surface area (Å²) in [7, 11) is 3.58. The third kappa shape index (κ3) is 45.8. The summed E-state index contributed by atoms with van der Waals surface area (Å²) in [5.41, 5.74) is 17.5. The van der Waals surface area contributed by atoms with Gasteiger partial charge < -0.3 is 117 Å². The normalized spacial score (nSPS) is 14.0. The number of methoxy groups -OCH3 is 3. The van der Waals surface area contributed by atoms with Crippen LogP contribution in [0.15, 0.2) is 188 Å². The number of carbonyl (C=O) groups is 13. The van der Waals surface area contributed by atoms with Crippen LogP contribution in [0.5, 0.6) is 5.75 Å². The molecule has 3 saturated heterocycles. The molecule has 0 aromatic heterocycles. The lowest BCUT2D eigenvalue weighted by Gasteiger charge is -2.33. The Bertz CT molecular complexity index is 5600. The van der Waals surface area contributed by atoms with Gasteiger partial charge in [0.15, 0.2) is 5.78 Å². The number of nitrogens with one attached hydrogen (secondary N) is 8. The molecule has 0 radical (unpaired) electrons. The van der Waals surface area contributed by atoms with E-state index in [1.807, 2.05) is 127 Å². The minimum atomic E-state index is -1.26. The number of carboxylic acid groups (broad SMARTS) is 1. The Kier molecular flexibility index (Phi) is 48.1. The number of nitro groups is 1. The number of benzene rings is 7. The first-order valence-corrected chi connectivity index (χ1v) is 47.0. The molecule has 39 nitrogen and oxygen atoms in total. The summed E-state index contributed by atoms with van der Waals surface area (Å²) in [5, 5.41) is 48.6. The van der Waals surface area contributed by atoms with E-state index in [1.165, 1.54) is 43.0 Å². The van der Waals surface area contributed by atoms with E-state index in [4.69, 9.17) is 45.0 Å². The van der Waals surface area contributed by atoms with Gasteiger partial charge in [0.25, 0.3) is 5.69 Å². The highest BCUT2D eigenvalue weighted by Gasteiger charge is 2.34. The number of hydrogen-bond acceptors (Lipinski definition) is 26. The molecule has 39 heteroatoms. The Morgan fingerprint density at radius 2 is 0.648 bits per heavy atom. The van der Waals surface area contributed by atoms with E-state index >= 15 is 0 Å². The number of ether oxygens (including phenoxy) is 8. The molecule has 3 aliphatic heterocycles. The van der Waals surface area contributed by atoms with Crippen LogP contribution in [0.3, 0.4) is 0 Å². The number of likely N-dealkylation sites (tertiary alicyclic amines) is 3. The summed E-state index contributed by atoms with van der Waals surface area (Å²) in [6.45, 7) is 22.6. The minimum Gasteiger partial charge on any atom is -0.480 e. The highest BCUT2D eigenvalue weighted by Crippen LogP contribution is 2.32. The fourth-order valence-corrected chi connectivity index (χ4v) is 13.9. The second-order valence-electron chi connectivity index (χ2n) is 37.2. The Morgan fingerprint density at radius 1 is 0.379 bits per heavy atom. The standard InChI is InChI=1S/C29H35N3O5.C28H33N3O5.C24H27N3O3.C16H21N3O8.C9H18N2O4/c1-29(2,3)37-28(35)30-20-25(26(33)36-4)31-27(34)32-18-16-24(17-19-32)23-14-12-22(13-15-23)11-10-21-8-6-5-7-9-21;1-28(2,3)36-27(35)29-19-24(25(32)33)30-26(34)31-17-15-23(16-18-31)22-13-11-21(12-14-22)10-9-20-7-5-4-6-8-20;25-16-22(23(29)17-28)26-24(30)27-14-12-21(13-15-27)20-10-8-19(9-11-20)7-6-18-4-2-1-3-5-18;1-16(2,3)27-14(21)17-9-12(13(20)25-4)18-15(22)26-11-7-5-10(6-8-11)19(23)24;1-9(2,3)15-8(13)11-5-6(10)7(12)14-4/h5-9,12-15,24-25H,16-20H2,1-4H3,(H,30,35)(H,31,34);4-8,11-14,23-24H,15-19H2,1-3H3,(H,29,35)(H,30,34)(H,32,33);1-5,8-11,21-22,28H,12-17,25H2,(H,26,30);5-8,12H,9H2,1-4H3,(H,17,21)(H,18,22);6H,5,10H2,1-4H3,(H,11,13)/t25-;24-;22-;12-;6-/m00000/s1. The lowest BCUT2D eigenvalue weighted by atomic mass is 9.89. The number of ketones is 1. The zero-order chi connectivity index (χ0) is 107. The molecule has 0 aliphatic carbocycles. The molecular formula is C106H134N14O25. The van der Waals surface area contributed by atoms with Crippen LogP contribution in [0.2, 0.25) is 0 Å². The predicted octanol–water partition coefficient (Wildman–Crippen LogP) is 11.6. The average Bonchev–Trinajstić information content (AvgIpc) is 0.843. The minimum absolute atomic E-state index is 0.0123. The van der Waals surface area contributed by atoms with Crippen molar-refractivity contribution in [3.05, 3.63) is 248 Å². The van der Waals surface area contributed by atoms with Crippen molar-refractivity contribution in [2.75, 3.05) is 99.9 Å². The number of carboxylic acids is 1. The summed E-state index contributed by atoms with van der Waals surface area (Å²) in [5.74, 6) is 16.4. The molecule has 778 valence electrons. The molecule has 10 rings (SSSR count). The van der Waals surface area contributed by atoms with Gasteiger partial charge >= 0.3 is 72.4 Å². The zero-order valence-corrected chi connectivity index (χ0v) is 84.5. The average molecular weight is 2000 g/mol. The van der Waals surface area contributed by atoms with Crippen molar-refractivity contribution in [3.8, 4) is 41.3 Å². The number of rotatable bonds is 24. The summed E-state index contributed by atoms with van der Waals surface area (Å²) < 4.78 is 38.9. The Labute approximate surface area is 845 Å². The zero-order valence-electron chi connectivity index (χ0n) is 84.5. The van der Waals surface area contributed by atoms with E-state index in [0.717, 1.165) is 91.1 Å². The van der Waals surface area contributed by atoms with Gasteiger partial charge in [0.05, 0.1) is 45.9 Å². The molecule has 0 unspecified atom stereocenters. The second-order valence-corrected chi connectivity index (χ2v) is 37.2. The van der Waals surface area contributed by atoms with Gasteiger partial charge in [-0.25, -0.2) is 52.7 Å². The first-order valence-electron chi connectivity index (χ1n) is 47.0. The lowest BCUT2D eigenvalue weighted by Crippen LogP contribution is -2.54. The highest BCUT2D eigenvalue weighted by atomic mass is 16.6. The predicted molar refractivity (Wildman–Crippen MR) is 540 cm³/mol. The second kappa shape index (κ2) is 59.2. The van der Waals surface area contributed by atoms with Crippen molar-refractivity contribution < 1.29 is 115 Å². The van der Waals surface area contributed by atoms with Crippen LogP contribution in [0.4, 0.5) is 44.0 Å². The number of aliphatic hydroxyl groups excluding tert-OH is 1. The van der Waals surface area contributed by atoms with Gasteiger partial charge in [0, 0.05) is 97.9 Å². The van der Waals surface area contributed by atoms with Gasteiger partial charge in [0.2, 0.25) is 0 Å². The number of urea groups is 3. The molecule has 145 heavy (non-hydrogen) atoms. The fourth-order valence-electron chi connectivity index (χ4n) is 13.9. The van der Waals surface area contributed by atoms with E-state index in [-0.39, 0.29) is 56.2 Å². The number of nitro benzene ring substituents is 1. The first-order chi connectivity index (χ1) is 68.6. The summed E-state index contributed by atoms with van der Waals surface area (Å²) >= 11 is 0. The summed E-state index contributed by atoms with van der Waals surface area (Å²) in [6, 6.07) is 52.8. The number of aliphatic hydroxyl groups is 1. The third-order valence-corrected chi connectivity index (χ3v) is 21.3. The number of amides is 11. The van der Waals surface area contributed by atoms with Gasteiger partial charge in [-0.15, -0.1) is 0 Å². The maximum Gasteiger partial charge on any atom is 0.413 e. The number of non-ortho nitro benzene ring substituents is 1. The number of nitrogens with zero attached hydrogens (tertiary/aromatic N) is 4. The molecule has 11 amide bonds. The summed E-state index contributed by atoms with van der Waals surface area (Å²) in [4.78, 5) is 169. The molecular weight excluding hydrogens is 1870 g/mol. The number of nitrogens with two attached hydrogens (primary N) is 2. The van der Waals surface area contributed by atoms with Crippen LogP contribution in [0.25, 0.3) is 0 Å². The number of esters is 3. The van der Waals surface area contributed by atoms with Crippen molar-refractivity contribution in [3.63, 3.8) is 0 Å². The van der Waals surface area contributed by atoms with Gasteiger partial charge in [-0.05, 0) is 241 Å². The first kappa shape index (κ1) is 118. The van der Waals surface area contributed by atoms with Gasteiger partial charge in [-0.3, -0.25) is 19.7 Å². The SMILES string of the molecule is CC(C)(C)OC(=O)NC[C@H](NC(=O)N1CCC(c2ccc(C#Cc3ccccc3)cc2)CC1)C(=O)O.COC(=O)[C@@H](N)CNC(=O)OC(C)(C)C.COC(=O)[C@H](CNC(=O)OC(C)(C)C)NC(=O)N1CCC(c2ccc(C#Cc3ccccc3)cc2)CC1.COC(=O)[C@H](CNC(=O)OC(C)(C)C)NC(=O)Oc1ccc([N+](=O)[O-])cc1.NC[C@H](NC(=O)N1CCC(c2ccc(C#Cc3ccccc3)cc2)CC1)C(=O)CO. The topological polar surface area (TPSA) is 537 Å². The number of alkyl carbamates (subject to hydrolysis) is 4. The smallest absolute Gasteiger partial charge is 0.413 e. The van der Waals surface area contributed by atoms with E-state index in [1.54, 1.807) is 97.8 Å². The van der Waals surface area contributed by atoms with E-state index in [9.17, 15) is 77.5 Å². The van der Waals surface area contributed by atoms with Crippen LogP contribution in [0, 0.1) is 45.6 Å². The molecule has 7 aromatic rings. The number of hydrogen-bond donors (Lipinski definition) is 12. The number of aliphatic carboxylic acids is 1. The van der Waals surface area contributed by atoms with E-state index < -0.39 is 130 Å². The van der Waals surface area contributed by atoms with Crippen LogP contribution < -0.4 is 58.7 Å². The molecule has 0 spiro atoms. The molecule has 0 saturated carbocycles. The largest absolute Gasteiger partial charge is 0.480 e. The van der Waals surface area contributed by atoms with Gasteiger partial charge in [-0.2, -0.15) is 0 Å². The quantitative estimate of drug-likeness (QED) is 0.00879. The van der Waals surface area contributed by atoms with Crippen molar-refractivity contribution in [2.45, 2.75) is 192 Å². The van der Waals surface area contributed by atoms with Crippen LogP contribution in [-0.2, 0) is 57.1 Å². The molecule has 3 heterocycles. The maximum atomic E-state index is 12.8. The van der Waals surface area contributed by atoms with Crippen LogP contribution in [0.1, 0.15) is 189 Å². The highest BCUT2D eigenvalue weighted by molar-refractivity contribution is 5.90. The number of piperidine rings is 3. The van der Waals surface area contributed by atoms with Gasteiger partial charge in [-0.1, -0.05) is 127 Å². The number of carbonyl (C=O) groups excluding carboxylic acids is 12. The Morgan fingerprint density at radius 3 is 0.917 bits per heavy atom. The molecule has 14 N–H and O–H groups in total. The monoisotopic (exact) mass is 2000 g/mol. The van der Waals surface area contributed by atoms with Gasteiger partial charge in [0.1, 0.15) is 65.0 Å². The molecule has 7 aromatic carbocycles. The molecule has 0 bridgehead atoms. The van der Waals surface area contributed by atoms with Crippen molar-refractivity contribution in [1.82, 2.24) is 57.2 Å². The van der Waals surface area contributed by atoms with Crippen molar-refractivity contribution >= 4 is 83.9 Å². The molecule has 5 atom stereocenters. The Balaban J connectivity index is 0.000000284. The third-order valence-electron chi connectivity index (χ3n) is 21.3. The molecule has 3 aliphatic rings. The summed E-state index contributed by atoms with van der Waals surface area (Å²) in [6.07, 6.45) is 1.06. The van der Waals surface area contributed by atoms with Crippen molar-refractivity contribution in [1.29, 1.82) is 0 Å². The molecule has 3 fully saturated rings.